The van der Waals surface area contributed by atoms with E-state index < -0.39 is 6.17 Å². The van der Waals surface area contributed by atoms with Gasteiger partial charge in [0.15, 0.2) is 0 Å². The third kappa shape index (κ3) is 2.34. The van der Waals surface area contributed by atoms with Crippen LogP contribution in [0.1, 0.15) is 72.1 Å². The summed E-state index contributed by atoms with van der Waals surface area (Å²) in [6, 6.07) is 0. The molecule has 4 rings (SSSR count). The molecule has 9 atom stereocenters. The lowest BCUT2D eigenvalue weighted by atomic mass is 9.49. The lowest BCUT2D eigenvalue weighted by Gasteiger charge is -2.56. The van der Waals surface area contributed by atoms with Gasteiger partial charge in [-0.2, -0.15) is 0 Å². The summed E-state index contributed by atoms with van der Waals surface area (Å²) in [6.07, 6.45) is 8.58. The van der Waals surface area contributed by atoms with Crippen molar-refractivity contribution in [1.82, 2.24) is 0 Å². The number of alkyl halides is 1. The fourth-order valence-electron chi connectivity index (χ4n) is 7.69. The third-order valence-electron chi connectivity index (χ3n) is 8.71. The largest absolute Gasteiger partial charge is 0.300 e. The van der Waals surface area contributed by atoms with Crippen molar-refractivity contribution in [2.45, 2.75) is 78.3 Å². The fourth-order valence-corrected chi connectivity index (χ4v) is 7.69. The molecule has 0 saturated heterocycles. The highest BCUT2D eigenvalue weighted by molar-refractivity contribution is 5.79. The van der Waals surface area contributed by atoms with Crippen LogP contribution in [0.5, 0.6) is 0 Å². The van der Waals surface area contributed by atoms with Gasteiger partial charge in [-0.15, -0.1) is 0 Å². The number of carbonyl (C=O) groups is 1. The van der Waals surface area contributed by atoms with E-state index in [1.54, 1.807) is 6.92 Å². The van der Waals surface area contributed by atoms with E-state index in [4.69, 9.17) is 0 Å². The molecule has 23 heavy (non-hydrogen) atoms. The lowest BCUT2D eigenvalue weighted by molar-refractivity contribution is -0.130. The molecule has 0 amide bonds. The van der Waals surface area contributed by atoms with E-state index in [0.717, 1.165) is 25.2 Å². The molecule has 9 unspecified atom stereocenters. The van der Waals surface area contributed by atoms with Crippen molar-refractivity contribution in [2.75, 3.05) is 0 Å². The predicted octanol–water partition coefficient (Wildman–Crippen LogP) is 5.43. The number of Topliss-reactive ketones (excluding diaryl/α,β-unsaturated/α-hetero) is 1. The van der Waals surface area contributed by atoms with Gasteiger partial charge >= 0.3 is 0 Å². The first-order chi connectivity index (χ1) is 10.9. The highest BCUT2D eigenvalue weighted by Crippen LogP contribution is 2.64. The van der Waals surface area contributed by atoms with E-state index in [-0.39, 0.29) is 11.3 Å². The Balaban J connectivity index is 1.60. The zero-order valence-corrected chi connectivity index (χ0v) is 15.1. The van der Waals surface area contributed by atoms with Gasteiger partial charge in [0.05, 0.1) is 0 Å². The summed E-state index contributed by atoms with van der Waals surface area (Å²) >= 11 is 0. The first-order valence-electron chi connectivity index (χ1n) is 10.1. The van der Waals surface area contributed by atoms with Crippen molar-refractivity contribution in [3.8, 4) is 0 Å². The Morgan fingerprint density at radius 2 is 1.70 bits per heavy atom. The smallest absolute Gasteiger partial charge is 0.133 e. The van der Waals surface area contributed by atoms with Gasteiger partial charge in [-0.25, -0.2) is 4.39 Å². The van der Waals surface area contributed by atoms with Crippen LogP contribution < -0.4 is 0 Å². The summed E-state index contributed by atoms with van der Waals surface area (Å²) in [7, 11) is 0. The first kappa shape index (κ1) is 16.1. The van der Waals surface area contributed by atoms with E-state index in [2.05, 4.69) is 13.8 Å². The summed E-state index contributed by atoms with van der Waals surface area (Å²) in [4.78, 5) is 12.1. The molecule has 0 N–H and O–H groups in total. The van der Waals surface area contributed by atoms with Crippen LogP contribution in [0, 0.1) is 46.8 Å². The van der Waals surface area contributed by atoms with Gasteiger partial charge in [-0.05, 0) is 92.8 Å². The molecule has 0 aromatic heterocycles. The van der Waals surface area contributed by atoms with E-state index in [1.807, 2.05) is 0 Å². The molecule has 0 spiro atoms. The monoisotopic (exact) mass is 320 g/mol. The molecule has 0 aliphatic heterocycles. The van der Waals surface area contributed by atoms with Crippen LogP contribution in [0.3, 0.4) is 0 Å². The highest BCUT2D eigenvalue weighted by Gasteiger charge is 2.59. The van der Waals surface area contributed by atoms with Gasteiger partial charge in [0, 0.05) is 5.92 Å². The predicted molar refractivity (Wildman–Crippen MR) is 90.7 cm³/mol. The normalized spacial score (nSPS) is 55.7. The summed E-state index contributed by atoms with van der Waals surface area (Å²) in [5.41, 5.74) is 0.168. The number of fused-ring (bicyclic) bond motifs is 5. The summed E-state index contributed by atoms with van der Waals surface area (Å²) in [5, 5.41) is 0. The van der Waals surface area contributed by atoms with Crippen LogP contribution in [-0.4, -0.2) is 12.0 Å². The number of halogens is 1. The molecule has 4 saturated carbocycles. The van der Waals surface area contributed by atoms with Crippen LogP contribution in [-0.2, 0) is 4.79 Å². The van der Waals surface area contributed by atoms with Gasteiger partial charge in [0.1, 0.15) is 12.0 Å². The molecule has 0 radical (unpaired) electrons. The van der Waals surface area contributed by atoms with Gasteiger partial charge in [-0.1, -0.05) is 20.3 Å². The van der Waals surface area contributed by atoms with Gasteiger partial charge < -0.3 is 0 Å². The van der Waals surface area contributed by atoms with E-state index in [9.17, 15) is 4.79 Å². The van der Waals surface area contributed by atoms with E-state index in [1.165, 1.54) is 32.1 Å². The molecule has 0 aromatic carbocycles. The first-order valence-corrected chi connectivity index (χ1v) is 10.1. The Morgan fingerprint density at radius 3 is 2.43 bits per heavy atom. The Bertz CT molecular complexity index is 488. The average molecular weight is 320 g/mol. The van der Waals surface area contributed by atoms with Crippen molar-refractivity contribution in [3.63, 3.8) is 0 Å². The quantitative estimate of drug-likeness (QED) is 0.630. The third-order valence-corrected chi connectivity index (χ3v) is 8.71. The molecular weight excluding hydrogens is 287 g/mol. The van der Waals surface area contributed by atoms with Crippen molar-refractivity contribution in [3.05, 3.63) is 0 Å². The minimum atomic E-state index is -0.581. The molecule has 1 nitrogen and oxygen atoms in total. The topological polar surface area (TPSA) is 17.1 Å². The van der Waals surface area contributed by atoms with Crippen molar-refractivity contribution < 1.29 is 9.18 Å². The van der Waals surface area contributed by atoms with E-state index >= 15 is 4.39 Å². The number of rotatable bonds is 1. The lowest BCUT2D eigenvalue weighted by Crippen LogP contribution is -2.52. The zero-order chi connectivity index (χ0) is 16.4. The van der Waals surface area contributed by atoms with Gasteiger partial charge in [-0.3, -0.25) is 4.79 Å². The maximum Gasteiger partial charge on any atom is 0.133 e. The Morgan fingerprint density at radius 1 is 0.957 bits per heavy atom. The summed E-state index contributed by atoms with van der Waals surface area (Å²) in [6.45, 7) is 6.44. The second-order valence-corrected chi connectivity index (χ2v) is 9.72. The Labute approximate surface area is 140 Å². The molecule has 0 aromatic rings. The number of carbonyl (C=O) groups excluding carboxylic acids is 1. The molecule has 4 aliphatic carbocycles. The van der Waals surface area contributed by atoms with Crippen LogP contribution in [0.25, 0.3) is 0 Å². The second kappa shape index (κ2) is 5.56. The number of hydrogen-bond donors (Lipinski definition) is 0. The average Bonchev–Trinajstić information content (AvgIpc) is 2.85. The maximum atomic E-state index is 15.0. The SMILES string of the molecule is CC(=O)C1CCC2C3CC(F)C4CC(C)CCC4C3CCC12C. The zero-order valence-electron chi connectivity index (χ0n) is 15.1. The highest BCUT2D eigenvalue weighted by atomic mass is 19.1. The maximum absolute atomic E-state index is 15.0. The van der Waals surface area contributed by atoms with Crippen molar-refractivity contribution in [1.29, 1.82) is 0 Å². The molecule has 2 heteroatoms. The van der Waals surface area contributed by atoms with Crippen LogP contribution in [0.4, 0.5) is 4.39 Å². The molecular formula is C21H33FO. The van der Waals surface area contributed by atoms with E-state index in [0.29, 0.717) is 35.4 Å². The molecule has 0 heterocycles. The van der Waals surface area contributed by atoms with Crippen LogP contribution in [0.15, 0.2) is 0 Å². The minimum Gasteiger partial charge on any atom is -0.300 e. The second-order valence-electron chi connectivity index (χ2n) is 9.72. The summed E-state index contributed by atoms with van der Waals surface area (Å²) in [5.74, 6) is 4.24. The number of hydrogen-bond acceptors (Lipinski definition) is 1. The standard InChI is InChI=1S/C21H33FO/c1-12-4-5-14-15-8-9-21(3)18(13(2)23)6-7-19(21)16(15)11-20(22)17(14)10-12/h12,14-20H,4-11H2,1-3H3. The van der Waals surface area contributed by atoms with Crippen molar-refractivity contribution in [2.24, 2.45) is 46.8 Å². The minimum absolute atomic E-state index is 0.168. The summed E-state index contributed by atoms with van der Waals surface area (Å²) < 4.78 is 15.0. The number of ketones is 1. The Hall–Kier alpha value is -0.400. The van der Waals surface area contributed by atoms with Crippen LogP contribution >= 0.6 is 0 Å². The van der Waals surface area contributed by atoms with Gasteiger partial charge in [0.2, 0.25) is 0 Å². The molecule has 4 fully saturated rings. The molecule has 0 bridgehead atoms. The molecule has 130 valence electrons. The van der Waals surface area contributed by atoms with Gasteiger partial charge in [0.25, 0.3) is 0 Å². The molecule has 4 aliphatic rings. The van der Waals surface area contributed by atoms with Crippen LogP contribution in [0.2, 0.25) is 0 Å². The Kier molecular flexibility index (Phi) is 3.89. The van der Waals surface area contributed by atoms with Crippen molar-refractivity contribution >= 4 is 5.78 Å². The fraction of sp³-hybridized carbons (Fsp3) is 0.952.